The van der Waals surface area contributed by atoms with Gasteiger partial charge in [-0.2, -0.15) is 0 Å². The smallest absolute Gasteiger partial charge is 0.220 e. The number of unbranched alkanes of at least 4 members (excludes halogenated alkanes) is 4. The Balaban J connectivity index is 0.937. The molecule has 0 radical (unpaired) electrons. The van der Waals surface area contributed by atoms with E-state index in [1.54, 1.807) is 7.11 Å². The monoisotopic (exact) mass is 706 g/mol. The predicted octanol–water partition coefficient (Wildman–Crippen LogP) is 9.53. The highest BCUT2D eigenvalue weighted by molar-refractivity contribution is 9.10. The van der Waals surface area contributed by atoms with Gasteiger partial charge < -0.3 is 20.1 Å². The average Bonchev–Trinajstić information content (AvgIpc) is 3.40. The molecular formula is C40H43BrN4O3. The summed E-state index contributed by atoms with van der Waals surface area (Å²) < 4.78 is 12.9. The Morgan fingerprint density at radius 2 is 1.56 bits per heavy atom. The minimum atomic E-state index is 0.0476. The number of carbonyl (C=O) groups excluding carboxylic acids is 1. The Kier molecular flexibility index (Phi) is 10.9. The number of ether oxygens (including phenoxy) is 2. The molecule has 48 heavy (non-hydrogen) atoms. The third-order valence-electron chi connectivity index (χ3n) is 9.05. The molecule has 1 heterocycles. The molecule has 1 amide bonds. The van der Waals surface area contributed by atoms with Crippen LogP contribution in [0.1, 0.15) is 79.9 Å². The second-order valence-corrected chi connectivity index (χ2v) is 13.4. The van der Waals surface area contributed by atoms with Crippen LogP contribution in [0, 0.1) is 6.92 Å². The molecule has 1 unspecified atom stereocenters. The lowest BCUT2D eigenvalue weighted by Crippen LogP contribution is -2.26. The number of hydrogen-bond acceptors (Lipinski definition) is 6. The van der Waals surface area contributed by atoms with Gasteiger partial charge in [0.2, 0.25) is 5.91 Å². The van der Waals surface area contributed by atoms with E-state index in [9.17, 15) is 4.79 Å². The van der Waals surface area contributed by atoms with E-state index in [-0.39, 0.29) is 17.9 Å². The van der Waals surface area contributed by atoms with Crippen molar-refractivity contribution >= 4 is 38.6 Å². The summed E-state index contributed by atoms with van der Waals surface area (Å²) in [6.45, 7) is 5.32. The molecule has 5 aromatic rings. The van der Waals surface area contributed by atoms with Crippen molar-refractivity contribution in [2.24, 2.45) is 0 Å². The summed E-state index contributed by atoms with van der Waals surface area (Å²) in [4.78, 5) is 22.3. The maximum absolute atomic E-state index is 12.9. The number of carbonyl (C=O) groups is 1. The van der Waals surface area contributed by atoms with Crippen LogP contribution in [-0.2, 0) is 4.79 Å². The van der Waals surface area contributed by atoms with Gasteiger partial charge in [-0.1, -0.05) is 95.9 Å². The first kappa shape index (κ1) is 33.5. The number of rotatable bonds is 15. The number of aryl methyl sites for hydroxylation is 1. The Labute approximate surface area is 291 Å². The van der Waals surface area contributed by atoms with E-state index in [0.717, 1.165) is 58.9 Å². The number of aromatic nitrogens is 2. The molecule has 1 aliphatic rings. The van der Waals surface area contributed by atoms with E-state index in [4.69, 9.17) is 14.5 Å². The van der Waals surface area contributed by atoms with Crippen LogP contribution in [0.15, 0.2) is 89.4 Å². The van der Waals surface area contributed by atoms with Crippen LogP contribution in [0.5, 0.6) is 11.5 Å². The molecular weight excluding hydrogens is 664 g/mol. The minimum absolute atomic E-state index is 0.0476. The van der Waals surface area contributed by atoms with Crippen molar-refractivity contribution in [1.82, 2.24) is 15.3 Å². The number of fused-ring (bicyclic) bond motifs is 4. The Morgan fingerprint density at radius 3 is 2.29 bits per heavy atom. The van der Waals surface area contributed by atoms with Gasteiger partial charge in [0.15, 0.2) is 11.5 Å². The molecule has 248 valence electrons. The molecule has 2 N–H and O–H groups in total. The summed E-state index contributed by atoms with van der Waals surface area (Å²) in [5.74, 6) is 3.04. The van der Waals surface area contributed by atoms with Crippen molar-refractivity contribution in [3.63, 3.8) is 0 Å². The molecule has 8 heteroatoms. The highest BCUT2D eigenvalue weighted by Crippen LogP contribution is 2.46. The van der Waals surface area contributed by atoms with Crippen molar-refractivity contribution < 1.29 is 14.3 Å². The van der Waals surface area contributed by atoms with E-state index >= 15 is 0 Å². The number of nitrogens with zero attached hydrogens (tertiary/aromatic N) is 2. The Bertz CT molecular complexity index is 1850. The standard InChI is InChI=1S/C40H43BrN4O3/c1-26(28-14-13-15-29(41)22-28)43-40-35-23-37(47-3)38(25-36(35)44-27(2)45-40)48-21-12-6-4-5-11-20-42-39(46)24-34-32-18-9-7-16-30(32)31-17-8-10-19-33(31)34/h7-10,13-19,22-23,25-26,34H,4-6,11-12,20-21,24H2,1-3H3,(H,42,46)(H,43,44,45). The fraction of sp³-hybridized carbons (Fsp3) is 0.325. The fourth-order valence-corrected chi connectivity index (χ4v) is 7.02. The number of hydrogen-bond donors (Lipinski definition) is 2. The molecule has 4 aromatic carbocycles. The van der Waals surface area contributed by atoms with Crippen LogP contribution < -0.4 is 20.1 Å². The third-order valence-corrected chi connectivity index (χ3v) is 9.54. The molecule has 0 fully saturated rings. The first-order valence-corrected chi connectivity index (χ1v) is 17.7. The predicted molar refractivity (Wildman–Crippen MR) is 197 cm³/mol. The normalized spacial score (nSPS) is 12.8. The van der Waals surface area contributed by atoms with Crippen LogP contribution in [0.4, 0.5) is 5.82 Å². The topological polar surface area (TPSA) is 85.4 Å². The van der Waals surface area contributed by atoms with Gasteiger partial charge in [-0.25, -0.2) is 9.97 Å². The summed E-state index contributed by atoms with van der Waals surface area (Å²) in [6.07, 6.45) is 5.61. The third kappa shape index (κ3) is 7.81. The molecule has 0 aliphatic heterocycles. The van der Waals surface area contributed by atoms with Crippen molar-refractivity contribution in [1.29, 1.82) is 0 Å². The molecule has 6 rings (SSSR count). The molecule has 0 spiro atoms. The minimum Gasteiger partial charge on any atom is -0.493 e. The van der Waals surface area contributed by atoms with Gasteiger partial charge in [-0.15, -0.1) is 0 Å². The molecule has 1 aliphatic carbocycles. The lowest BCUT2D eigenvalue weighted by Gasteiger charge is -2.18. The van der Waals surface area contributed by atoms with E-state index < -0.39 is 0 Å². The maximum atomic E-state index is 12.9. The molecule has 0 bridgehead atoms. The number of nitrogens with one attached hydrogen (secondary N) is 2. The largest absolute Gasteiger partial charge is 0.493 e. The van der Waals surface area contributed by atoms with E-state index in [1.807, 2.05) is 31.2 Å². The molecule has 1 atom stereocenters. The molecule has 0 saturated carbocycles. The van der Waals surface area contributed by atoms with Gasteiger partial charge in [0, 0.05) is 34.8 Å². The highest BCUT2D eigenvalue weighted by atomic mass is 79.9. The molecule has 0 saturated heterocycles. The van der Waals surface area contributed by atoms with Crippen LogP contribution in [0.25, 0.3) is 22.0 Å². The van der Waals surface area contributed by atoms with Crippen LogP contribution in [0.3, 0.4) is 0 Å². The van der Waals surface area contributed by atoms with Crippen molar-refractivity contribution in [3.8, 4) is 22.6 Å². The molecule has 1 aromatic heterocycles. The second kappa shape index (κ2) is 15.6. The zero-order valence-corrected chi connectivity index (χ0v) is 29.5. The van der Waals surface area contributed by atoms with Crippen LogP contribution in [-0.4, -0.2) is 36.1 Å². The van der Waals surface area contributed by atoms with Gasteiger partial charge in [0.1, 0.15) is 11.6 Å². The number of benzene rings is 4. The van der Waals surface area contributed by atoms with E-state index in [2.05, 4.69) is 99.1 Å². The summed E-state index contributed by atoms with van der Waals surface area (Å²) >= 11 is 3.57. The lowest BCUT2D eigenvalue weighted by atomic mass is 9.93. The summed E-state index contributed by atoms with van der Waals surface area (Å²) in [5.41, 5.74) is 6.98. The fourth-order valence-electron chi connectivity index (χ4n) is 6.60. The number of methoxy groups -OCH3 is 1. The first-order valence-electron chi connectivity index (χ1n) is 16.9. The van der Waals surface area contributed by atoms with Crippen molar-refractivity contribution in [3.05, 3.63) is 112 Å². The number of amides is 1. The van der Waals surface area contributed by atoms with E-state index in [0.29, 0.717) is 36.9 Å². The Morgan fingerprint density at radius 1 is 0.854 bits per heavy atom. The highest BCUT2D eigenvalue weighted by Gasteiger charge is 2.29. The lowest BCUT2D eigenvalue weighted by molar-refractivity contribution is -0.121. The SMILES string of the molecule is COc1cc2c(NC(C)c3cccc(Br)c3)nc(C)nc2cc1OCCCCCCCNC(=O)CC1c2ccccc2-c2ccccc21. The van der Waals surface area contributed by atoms with Crippen LogP contribution >= 0.6 is 15.9 Å². The van der Waals surface area contributed by atoms with E-state index in [1.165, 1.54) is 22.3 Å². The van der Waals surface area contributed by atoms with Gasteiger partial charge in [-0.05, 0) is 72.7 Å². The Hall–Kier alpha value is -4.43. The van der Waals surface area contributed by atoms with Gasteiger partial charge >= 0.3 is 0 Å². The number of halogens is 1. The quantitative estimate of drug-likeness (QED) is 0.106. The van der Waals surface area contributed by atoms with Crippen molar-refractivity contribution in [2.45, 2.75) is 64.3 Å². The summed E-state index contributed by atoms with van der Waals surface area (Å²) in [6, 6.07) is 29.1. The zero-order valence-electron chi connectivity index (χ0n) is 27.9. The first-order chi connectivity index (χ1) is 23.4. The second-order valence-electron chi connectivity index (χ2n) is 12.5. The average molecular weight is 708 g/mol. The number of anilines is 1. The summed E-state index contributed by atoms with van der Waals surface area (Å²) in [5, 5.41) is 7.60. The van der Waals surface area contributed by atoms with Crippen molar-refractivity contribution in [2.75, 3.05) is 25.6 Å². The van der Waals surface area contributed by atoms with Gasteiger partial charge in [-0.3, -0.25) is 4.79 Å². The zero-order chi connectivity index (χ0) is 33.5. The van der Waals surface area contributed by atoms with Crippen LogP contribution in [0.2, 0.25) is 0 Å². The van der Waals surface area contributed by atoms with Gasteiger partial charge in [0.25, 0.3) is 0 Å². The summed E-state index contributed by atoms with van der Waals surface area (Å²) in [7, 11) is 1.66. The van der Waals surface area contributed by atoms with Gasteiger partial charge in [0.05, 0.1) is 25.3 Å². The maximum Gasteiger partial charge on any atom is 0.220 e. The molecule has 7 nitrogen and oxygen atoms in total.